The Balaban J connectivity index is 1.52. The third-order valence-corrected chi connectivity index (χ3v) is 4.44. The molecule has 0 aliphatic carbocycles. The molecule has 0 aliphatic heterocycles. The first kappa shape index (κ1) is 17.4. The van der Waals surface area contributed by atoms with Crippen LogP contribution in [-0.4, -0.2) is 19.6 Å². The summed E-state index contributed by atoms with van der Waals surface area (Å²) in [6, 6.07) is 20.3. The van der Waals surface area contributed by atoms with Crippen molar-refractivity contribution < 1.29 is 13.9 Å². The topological polar surface area (TPSA) is 87.3 Å². The maximum Gasteiger partial charge on any atom is 0.243 e. The van der Waals surface area contributed by atoms with E-state index < -0.39 is 0 Å². The first-order chi connectivity index (χ1) is 13.7. The number of ether oxygens (including phenoxy) is 1. The molecule has 4 rings (SSSR count). The number of nitrogens with zero attached hydrogens (tertiary/aromatic N) is 1. The smallest absolute Gasteiger partial charge is 0.243 e. The molecule has 3 aromatic carbocycles. The molecule has 1 amide bonds. The van der Waals surface area contributed by atoms with E-state index in [0.29, 0.717) is 22.7 Å². The molecule has 28 heavy (non-hydrogen) atoms. The highest BCUT2D eigenvalue weighted by atomic mass is 16.5. The van der Waals surface area contributed by atoms with Crippen LogP contribution in [0.4, 0.5) is 11.4 Å². The van der Waals surface area contributed by atoms with Gasteiger partial charge in [0.2, 0.25) is 5.91 Å². The molecule has 2 N–H and O–H groups in total. The van der Waals surface area contributed by atoms with Gasteiger partial charge >= 0.3 is 0 Å². The quantitative estimate of drug-likeness (QED) is 0.539. The third kappa shape index (κ3) is 3.33. The van der Waals surface area contributed by atoms with Crippen LogP contribution in [0.15, 0.2) is 65.1 Å². The van der Waals surface area contributed by atoms with Crippen molar-refractivity contribution in [2.45, 2.75) is 0 Å². The molecule has 0 saturated heterocycles. The minimum atomic E-state index is -0.212. The number of para-hydroxylation sites is 1. The van der Waals surface area contributed by atoms with E-state index in [2.05, 4.69) is 10.6 Å². The Morgan fingerprint density at radius 3 is 2.61 bits per heavy atom. The SMILES string of the molecule is COc1cc2c(cc1NCC(=O)Nc1ccc(C#N)cc1)oc1ccccc12. The van der Waals surface area contributed by atoms with Gasteiger partial charge in [-0.15, -0.1) is 0 Å². The molecule has 0 unspecified atom stereocenters. The van der Waals surface area contributed by atoms with Crippen molar-refractivity contribution in [2.75, 3.05) is 24.3 Å². The zero-order chi connectivity index (χ0) is 19.5. The van der Waals surface area contributed by atoms with Gasteiger partial charge in [-0.05, 0) is 36.4 Å². The van der Waals surface area contributed by atoms with Crippen molar-refractivity contribution in [1.29, 1.82) is 5.26 Å². The van der Waals surface area contributed by atoms with Crippen molar-refractivity contribution in [1.82, 2.24) is 0 Å². The fraction of sp³-hybridized carbons (Fsp3) is 0.0909. The van der Waals surface area contributed by atoms with Gasteiger partial charge in [-0.3, -0.25) is 4.79 Å². The lowest BCUT2D eigenvalue weighted by Crippen LogP contribution is -2.21. The average Bonchev–Trinajstić information content (AvgIpc) is 3.09. The number of amides is 1. The third-order valence-electron chi connectivity index (χ3n) is 4.44. The van der Waals surface area contributed by atoms with Crippen LogP contribution in [0.25, 0.3) is 21.9 Å². The first-order valence-electron chi connectivity index (χ1n) is 8.71. The number of anilines is 2. The molecule has 138 valence electrons. The molecular formula is C22H17N3O3. The Hall–Kier alpha value is -3.98. The van der Waals surface area contributed by atoms with Crippen molar-refractivity contribution >= 4 is 39.2 Å². The van der Waals surface area contributed by atoms with Gasteiger partial charge in [0.25, 0.3) is 0 Å². The van der Waals surface area contributed by atoms with E-state index in [9.17, 15) is 4.79 Å². The Labute approximate surface area is 161 Å². The minimum Gasteiger partial charge on any atom is -0.495 e. The van der Waals surface area contributed by atoms with Gasteiger partial charge in [0.15, 0.2) is 0 Å². The summed E-state index contributed by atoms with van der Waals surface area (Å²) in [5, 5.41) is 16.7. The van der Waals surface area contributed by atoms with Gasteiger partial charge in [0.1, 0.15) is 16.9 Å². The number of nitrogens with one attached hydrogen (secondary N) is 2. The Morgan fingerprint density at radius 1 is 1.07 bits per heavy atom. The molecule has 0 bridgehead atoms. The maximum atomic E-state index is 12.2. The zero-order valence-electron chi connectivity index (χ0n) is 15.2. The molecule has 0 atom stereocenters. The molecule has 0 radical (unpaired) electrons. The van der Waals surface area contributed by atoms with Gasteiger partial charge in [0, 0.05) is 22.5 Å². The number of fused-ring (bicyclic) bond motifs is 3. The Morgan fingerprint density at radius 2 is 1.86 bits per heavy atom. The van der Waals surface area contributed by atoms with Crippen LogP contribution in [0.5, 0.6) is 5.75 Å². The van der Waals surface area contributed by atoms with Crippen LogP contribution in [0.1, 0.15) is 5.56 Å². The van der Waals surface area contributed by atoms with Crippen molar-refractivity contribution in [3.05, 3.63) is 66.2 Å². The summed E-state index contributed by atoms with van der Waals surface area (Å²) >= 11 is 0. The zero-order valence-corrected chi connectivity index (χ0v) is 15.2. The number of rotatable bonds is 5. The van der Waals surface area contributed by atoms with E-state index in [1.54, 1.807) is 31.4 Å². The fourth-order valence-corrected chi connectivity index (χ4v) is 3.07. The second-order valence-corrected chi connectivity index (χ2v) is 6.24. The molecule has 0 saturated carbocycles. The van der Waals surface area contributed by atoms with Gasteiger partial charge in [0.05, 0.1) is 31.0 Å². The predicted octanol–water partition coefficient (Wildman–Crippen LogP) is 4.52. The molecule has 1 aromatic heterocycles. The van der Waals surface area contributed by atoms with Gasteiger partial charge in [-0.2, -0.15) is 5.26 Å². The van der Waals surface area contributed by atoms with E-state index in [-0.39, 0.29) is 12.5 Å². The normalized spacial score (nSPS) is 10.6. The highest BCUT2D eigenvalue weighted by molar-refractivity contribution is 6.06. The highest BCUT2D eigenvalue weighted by Gasteiger charge is 2.13. The number of hydrogen-bond acceptors (Lipinski definition) is 5. The summed E-state index contributed by atoms with van der Waals surface area (Å²) in [5.41, 5.74) is 3.36. The number of carbonyl (C=O) groups excluding carboxylic acids is 1. The van der Waals surface area contributed by atoms with Crippen LogP contribution in [-0.2, 0) is 4.79 Å². The monoisotopic (exact) mass is 371 g/mol. The van der Waals surface area contributed by atoms with Crippen LogP contribution >= 0.6 is 0 Å². The van der Waals surface area contributed by atoms with E-state index in [1.807, 2.05) is 42.5 Å². The number of carbonyl (C=O) groups is 1. The number of methoxy groups -OCH3 is 1. The van der Waals surface area contributed by atoms with Crippen molar-refractivity contribution in [3.8, 4) is 11.8 Å². The number of hydrogen-bond donors (Lipinski definition) is 2. The molecule has 0 spiro atoms. The summed E-state index contributed by atoms with van der Waals surface area (Å²) in [7, 11) is 1.59. The Kier molecular flexibility index (Phi) is 4.56. The molecule has 0 aliphatic rings. The lowest BCUT2D eigenvalue weighted by Gasteiger charge is -2.11. The fourth-order valence-electron chi connectivity index (χ4n) is 3.07. The van der Waals surface area contributed by atoms with E-state index >= 15 is 0 Å². The van der Waals surface area contributed by atoms with E-state index in [1.165, 1.54) is 0 Å². The summed E-state index contributed by atoms with van der Waals surface area (Å²) < 4.78 is 11.4. The summed E-state index contributed by atoms with van der Waals surface area (Å²) in [4.78, 5) is 12.2. The standard InChI is InChI=1S/C22H17N3O3/c1-27-21-10-17-16-4-2-3-5-19(16)28-20(17)11-18(21)24-13-22(26)25-15-8-6-14(12-23)7-9-15/h2-11,24H,13H2,1H3,(H,25,26). The largest absolute Gasteiger partial charge is 0.495 e. The molecular weight excluding hydrogens is 354 g/mol. The van der Waals surface area contributed by atoms with E-state index in [4.69, 9.17) is 14.4 Å². The van der Waals surface area contributed by atoms with Crippen molar-refractivity contribution in [3.63, 3.8) is 0 Å². The molecule has 0 fully saturated rings. The average molecular weight is 371 g/mol. The lowest BCUT2D eigenvalue weighted by molar-refractivity contribution is -0.114. The molecule has 6 nitrogen and oxygen atoms in total. The van der Waals surface area contributed by atoms with Crippen LogP contribution < -0.4 is 15.4 Å². The maximum absolute atomic E-state index is 12.2. The predicted molar refractivity (Wildman–Crippen MR) is 109 cm³/mol. The van der Waals surface area contributed by atoms with Crippen LogP contribution in [0.2, 0.25) is 0 Å². The molecule has 6 heteroatoms. The minimum absolute atomic E-state index is 0.0576. The summed E-state index contributed by atoms with van der Waals surface area (Å²) in [6.45, 7) is 0.0576. The molecule has 4 aromatic rings. The second-order valence-electron chi connectivity index (χ2n) is 6.24. The van der Waals surface area contributed by atoms with Gasteiger partial charge in [-0.1, -0.05) is 18.2 Å². The van der Waals surface area contributed by atoms with Crippen molar-refractivity contribution in [2.24, 2.45) is 0 Å². The van der Waals surface area contributed by atoms with Gasteiger partial charge in [-0.25, -0.2) is 0 Å². The van der Waals surface area contributed by atoms with E-state index in [0.717, 1.165) is 21.9 Å². The number of benzene rings is 3. The van der Waals surface area contributed by atoms with Crippen LogP contribution in [0, 0.1) is 11.3 Å². The lowest BCUT2D eigenvalue weighted by atomic mass is 10.1. The molecule has 1 heterocycles. The summed E-state index contributed by atoms with van der Waals surface area (Å²) in [5.74, 6) is 0.418. The number of furan rings is 1. The summed E-state index contributed by atoms with van der Waals surface area (Å²) in [6.07, 6.45) is 0. The van der Waals surface area contributed by atoms with Crippen LogP contribution in [0.3, 0.4) is 0 Å². The second kappa shape index (κ2) is 7.33. The highest BCUT2D eigenvalue weighted by Crippen LogP contribution is 2.36. The van der Waals surface area contributed by atoms with Gasteiger partial charge < -0.3 is 19.8 Å². The first-order valence-corrected chi connectivity index (χ1v) is 8.71. The Bertz CT molecular complexity index is 1200. The number of nitriles is 1.